The molecule has 3 amide bonds. The minimum absolute atomic E-state index is 0.0348. The lowest BCUT2D eigenvalue weighted by Gasteiger charge is -2.38. The summed E-state index contributed by atoms with van der Waals surface area (Å²) in [7, 11) is 3.65. The van der Waals surface area contributed by atoms with Crippen molar-refractivity contribution in [2.24, 2.45) is 0 Å². The van der Waals surface area contributed by atoms with Crippen LogP contribution in [0.25, 0.3) is 5.69 Å². The van der Waals surface area contributed by atoms with Gasteiger partial charge in [0.2, 0.25) is 5.91 Å². The monoisotopic (exact) mass is 648 g/mol. The number of benzene rings is 3. The van der Waals surface area contributed by atoms with Crippen molar-refractivity contribution in [3.8, 4) is 5.69 Å². The van der Waals surface area contributed by atoms with E-state index in [1.54, 1.807) is 37.3 Å². The maximum absolute atomic E-state index is 16.4. The second-order valence-corrected chi connectivity index (χ2v) is 11.1. The number of nitrogens with zero attached hydrogens (tertiary/aromatic N) is 4. The molecular weight excluding hydrogens is 616 g/mol. The third-order valence-electron chi connectivity index (χ3n) is 7.64. The Kier molecular flexibility index (Phi) is 9.56. The molecule has 0 bridgehead atoms. The average molecular weight is 649 g/mol. The molecule has 1 aliphatic rings. The van der Waals surface area contributed by atoms with Gasteiger partial charge in [-0.05, 0) is 57.4 Å². The molecule has 9 nitrogen and oxygen atoms in total. The molecule has 2 atom stereocenters. The third kappa shape index (κ3) is 6.94. The average Bonchev–Trinajstić information content (AvgIpc) is 3.47. The zero-order valence-electron chi connectivity index (χ0n) is 25.8. The first kappa shape index (κ1) is 33.1. The molecule has 0 radical (unpaired) electrons. The van der Waals surface area contributed by atoms with Crippen LogP contribution in [0.2, 0.25) is 0 Å². The number of halogens is 4. The van der Waals surface area contributed by atoms with Crippen LogP contribution in [0.5, 0.6) is 0 Å². The van der Waals surface area contributed by atoms with Gasteiger partial charge in [0.15, 0.2) is 5.82 Å². The van der Waals surface area contributed by atoms with Crippen molar-refractivity contribution in [3.05, 3.63) is 119 Å². The van der Waals surface area contributed by atoms with Crippen molar-refractivity contribution in [1.82, 2.24) is 20.0 Å². The van der Waals surface area contributed by atoms with E-state index in [0.29, 0.717) is 29.7 Å². The van der Waals surface area contributed by atoms with E-state index in [9.17, 15) is 27.6 Å². The number of amides is 3. The zero-order valence-corrected chi connectivity index (χ0v) is 25.8. The molecule has 0 saturated carbocycles. The van der Waals surface area contributed by atoms with Crippen LogP contribution in [0, 0.1) is 5.82 Å². The Hall–Kier alpha value is -5.30. The Morgan fingerprint density at radius 3 is 2.40 bits per heavy atom. The molecule has 0 unspecified atom stereocenters. The van der Waals surface area contributed by atoms with Gasteiger partial charge >= 0.3 is 6.18 Å². The van der Waals surface area contributed by atoms with Crippen molar-refractivity contribution in [3.63, 3.8) is 0 Å². The molecule has 0 spiro atoms. The molecule has 244 valence electrons. The van der Waals surface area contributed by atoms with Gasteiger partial charge in [0.05, 0.1) is 23.1 Å². The van der Waals surface area contributed by atoms with Crippen LogP contribution in [0.15, 0.2) is 91.1 Å². The molecule has 0 aliphatic carbocycles. The number of aromatic nitrogens is 2. The van der Waals surface area contributed by atoms with E-state index < -0.39 is 47.2 Å². The molecule has 2 heterocycles. The molecule has 1 aliphatic heterocycles. The highest BCUT2D eigenvalue weighted by Crippen LogP contribution is 2.43. The first-order valence-corrected chi connectivity index (χ1v) is 14.7. The summed E-state index contributed by atoms with van der Waals surface area (Å²) in [6, 6.07) is 15.6. The summed E-state index contributed by atoms with van der Waals surface area (Å²) in [6.07, 6.45) is -0.343. The summed E-state index contributed by atoms with van der Waals surface area (Å²) in [5.74, 6) is -3.82. The molecule has 13 heteroatoms. The first-order chi connectivity index (χ1) is 22.4. The van der Waals surface area contributed by atoms with Gasteiger partial charge in [0.1, 0.15) is 11.9 Å². The minimum Gasteiger partial charge on any atom is -0.339 e. The Balaban J connectivity index is 1.61. The number of carbonyl (C=O) groups is 3. The number of fused-ring (bicyclic) bond motifs is 1. The topological polar surface area (TPSA) is 99.6 Å². The largest absolute Gasteiger partial charge is 0.416 e. The van der Waals surface area contributed by atoms with E-state index in [-0.39, 0.29) is 23.4 Å². The highest BCUT2D eigenvalue weighted by Gasteiger charge is 2.45. The Bertz CT molecular complexity index is 1820. The van der Waals surface area contributed by atoms with E-state index >= 15 is 4.39 Å². The third-order valence-corrected chi connectivity index (χ3v) is 7.64. The summed E-state index contributed by atoms with van der Waals surface area (Å²) >= 11 is 0. The van der Waals surface area contributed by atoms with Gasteiger partial charge in [0.25, 0.3) is 11.8 Å². The molecule has 2 N–H and O–H groups in total. The maximum Gasteiger partial charge on any atom is 0.416 e. The molecule has 4 aromatic rings. The lowest BCUT2D eigenvalue weighted by Crippen LogP contribution is -2.55. The minimum atomic E-state index is -4.70. The second kappa shape index (κ2) is 13.6. The molecule has 5 rings (SSSR count). The molecule has 1 aromatic heterocycles. The van der Waals surface area contributed by atoms with Crippen LogP contribution in [0.1, 0.15) is 39.9 Å². The first-order valence-electron chi connectivity index (χ1n) is 14.7. The van der Waals surface area contributed by atoms with E-state index in [0.717, 1.165) is 12.1 Å². The highest BCUT2D eigenvalue weighted by molar-refractivity contribution is 6.05. The summed E-state index contributed by atoms with van der Waals surface area (Å²) < 4.78 is 58.2. The molecule has 3 aromatic carbocycles. The quantitative estimate of drug-likeness (QED) is 0.188. The van der Waals surface area contributed by atoms with Crippen molar-refractivity contribution < 1.29 is 31.9 Å². The van der Waals surface area contributed by atoms with Gasteiger partial charge in [-0.25, -0.2) is 9.07 Å². The second-order valence-electron chi connectivity index (χ2n) is 11.1. The summed E-state index contributed by atoms with van der Waals surface area (Å²) in [5, 5.41) is 9.63. The van der Waals surface area contributed by atoms with E-state index in [4.69, 9.17) is 0 Å². The van der Waals surface area contributed by atoms with Crippen LogP contribution < -0.4 is 15.5 Å². The van der Waals surface area contributed by atoms with Crippen LogP contribution in [0.4, 0.5) is 29.1 Å². The lowest BCUT2D eigenvalue weighted by atomic mass is 9.81. The molecular formula is C34H32F4N6O3. The van der Waals surface area contributed by atoms with Gasteiger partial charge < -0.3 is 15.5 Å². The number of likely N-dealkylation sites (N-methyl/N-ethyl adjacent to an activating group) is 2. The number of hydrogen-bond donors (Lipinski definition) is 2. The molecule has 47 heavy (non-hydrogen) atoms. The summed E-state index contributed by atoms with van der Waals surface area (Å²) in [6.45, 7) is 2.34. The van der Waals surface area contributed by atoms with Gasteiger partial charge in [-0.2, -0.15) is 18.3 Å². The number of alkyl halides is 3. The van der Waals surface area contributed by atoms with Crippen LogP contribution in [-0.2, 0) is 15.8 Å². The number of nitrogens with one attached hydrogen (secondary N) is 2. The summed E-state index contributed by atoms with van der Waals surface area (Å²) in [5.41, 5.74) is -0.549. The van der Waals surface area contributed by atoms with Crippen molar-refractivity contribution in [1.29, 1.82) is 0 Å². The Labute approximate surface area is 268 Å². The lowest BCUT2D eigenvalue weighted by molar-refractivity contribution is -0.137. The standard InChI is InChI=1S/C34H32F4N6O3/c1-4-43-32-25(20-39-44(32)23-13-6-5-7-14-23)28(24-15-9-16-26(29(24)35)40-27(45)17-10-18-42(2)3)30(33(43)47)41-31(46)21-11-8-12-22(19-21)34(36,37)38/h5-17,19-20,28,30H,4,18H2,1-3H3,(H,40,45)(H,41,46)/b17-10+/t28-,30+/m1/s1. The number of para-hydroxylation sites is 1. The molecule has 0 fully saturated rings. The smallest absolute Gasteiger partial charge is 0.339 e. The SMILES string of the molecule is CCN1C(=O)[C@@H](NC(=O)c2cccc(C(F)(F)F)c2)[C@H](c2cccc(NC(=O)/C=C/CN(C)C)c2F)c2cnn(-c3ccccc3)c21. The Morgan fingerprint density at radius 2 is 1.72 bits per heavy atom. The van der Waals surface area contributed by atoms with Gasteiger partial charge in [-0.15, -0.1) is 0 Å². The fourth-order valence-electron chi connectivity index (χ4n) is 5.49. The predicted molar refractivity (Wildman–Crippen MR) is 169 cm³/mol. The van der Waals surface area contributed by atoms with E-state index in [2.05, 4.69) is 15.7 Å². The zero-order chi connectivity index (χ0) is 33.9. The number of rotatable bonds is 9. The van der Waals surface area contributed by atoms with E-state index in [1.807, 2.05) is 25.1 Å². The van der Waals surface area contributed by atoms with Gasteiger partial charge in [0, 0.05) is 41.8 Å². The number of carbonyl (C=O) groups excluding carboxylic acids is 3. The van der Waals surface area contributed by atoms with Crippen LogP contribution >= 0.6 is 0 Å². The van der Waals surface area contributed by atoms with Crippen molar-refractivity contribution in [2.75, 3.05) is 37.4 Å². The number of hydrogen-bond acceptors (Lipinski definition) is 5. The van der Waals surface area contributed by atoms with Crippen LogP contribution in [0.3, 0.4) is 0 Å². The molecule has 0 saturated heterocycles. The summed E-state index contributed by atoms with van der Waals surface area (Å²) in [4.78, 5) is 43.5. The fraction of sp³-hybridized carbons (Fsp3) is 0.235. The van der Waals surface area contributed by atoms with Crippen molar-refractivity contribution >= 4 is 29.2 Å². The fourth-order valence-corrected chi connectivity index (χ4v) is 5.49. The number of anilines is 2. The maximum atomic E-state index is 16.4. The Morgan fingerprint density at radius 1 is 1.00 bits per heavy atom. The van der Waals surface area contributed by atoms with Gasteiger partial charge in [-0.3, -0.25) is 19.3 Å². The normalized spacial score (nSPS) is 16.4. The van der Waals surface area contributed by atoms with Gasteiger partial charge in [-0.1, -0.05) is 42.5 Å². The highest BCUT2D eigenvalue weighted by atomic mass is 19.4. The predicted octanol–water partition coefficient (Wildman–Crippen LogP) is 5.38. The van der Waals surface area contributed by atoms with E-state index in [1.165, 1.54) is 46.1 Å². The van der Waals surface area contributed by atoms with Crippen LogP contribution in [-0.4, -0.2) is 65.6 Å². The van der Waals surface area contributed by atoms with Crippen molar-refractivity contribution in [2.45, 2.75) is 25.1 Å².